The van der Waals surface area contributed by atoms with Crippen molar-refractivity contribution in [2.24, 2.45) is 5.41 Å². The highest BCUT2D eigenvalue weighted by atomic mass is 127. The molecule has 0 spiro atoms. The summed E-state index contributed by atoms with van der Waals surface area (Å²) in [5.41, 5.74) is 0.418. The number of piperidine rings is 1. The third-order valence-electron chi connectivity index (χ3n) is 2.73. The molecule has 0 amide bonds. The number of hydrogen-bond donors (Lipinski definition) is 1. The van der Waals surface area contributed by atoms with Crippen molar-refractivity contribution >= 4 is 45.2 Å². The second-order valence-corrected chi connectivity index (χ2v) is 7.96. The molecule has 3 heteroatoms. The zero-order valence-electron chi connectivity index (χ0n) is 7.95. The van der Waals surface area contributed by atoms with E-state index < -0.39 is 0 Å². The molecule has 1 heterocycles. The molecule has 0 aromatic carbocycles. The third kappa shape index (κ3) is 2.08. The predicted molar refractivity (Wildman–Crippen MR) is 71.5 cm³/mol. The maximum absolute atomic E-state index is 3.45. The minimum Gasteiger partial charge on any atom is -0.316 e. The molecular formula is C9H17I2N. The first-order valence-corrected chi connectivity index (χ1v) is 6.74. The first-order valence-electron chi connectivity index (χ1n) is 4.41. The zero-order chi connectivity index (χ0) is 9.41. The summed E-state index contributed by atoms with van der Waals surface area (Å²) in [6, 6.07) is 0. The molecule has 72 valence electrons. The van der Waals surface area contributed by atoms with Crippen LogP contribution in [-0.4, -0.2) is 20.4 Å². The van der Waals surface area contributed by atoms with Gasteiger partial charge in [0.05, 0.1) is 0 Å². The van der Waals surface area contributed by atoms with Crippen molar-refractivity contribution in [1.82, 2.24) is 5.32 Å². The number of halogens is 2. The molecule has 0 bridgehead atoms. The zero-order valence-corrected chi connectivity index (χ0v) is 12.3. The van der Waals surface area contributed by atoms with Crippen LogP contribution in [0.25, 0.3) is 0 Å². The summed E-state index contributed by atoms with van der Waals surface area (Å²) in [7, 11) is 0. The van der Waals surface area contributed by atoms with Crippen molar-refractivity contribution in [2.75, 3.05) is 13.1 Å². The van der Waals surface area contributed by atoms with E-state index in [0.29, 0.717) is 8.84 Å². The van der Waals surface area contributed by atoms with E-state index in [9.17, 15) is 0 Å². The molecule has 1 rings (SSSR count). The lowest BCUT2D eigenvalue weighted by Crippen LogP contribution is -2.54. The summed E-state index contributed by atoms with van der Waals surface area (Å²) in [5, 5.41) is 3.45. The van der Waals surface area contributed by atoms with Crippen LogP contribution in [0.15, 0.2) is 0 Å². The maximum atomic E-state index is 3.45. The Kier molecular flexibility index (Phi) is 3.72. The van der Waals surface area contributed by atoms with Crippen molar-refractivity contribution in [2.45, 2.75) is 34.5 Å². The van der Waals surface area contributed by atoms with E-state index >= 15 is 0 Å². The Balaban J connectivity index is 2.79. The Morgan fingerprint density at radius 1 is 1.42 bits per heavy atom. The highest BCUT2D eigenvalue weighted by Gasteiger charge is 2.45. The molecule has 1 aliphatic rings. The van der Waals surface area contributed by atoms with Gasteiger partial charge in [-0.05, 0) is 18.4 Å². The largest absolute Gasteiger partial charge is 0.316 e. The van der Waals surface area contributed by atoms with Crippen LogP contribution in [0.1, 0.15) is 27.2 Å². The number of alkyl halides is 2. The van der Waals surface area contributed by atoms with E-state index in [1.165, 1.54) is 19.5 Å². The summed E-state index contributed by atoms with van der Waals surface area (Å²) in [6.45, 7) is 9.42. The van der Waals surface area contributed by atoms with E-state index in [-0.39, 0.29) is 0 Å². The second-order valence-electron chi connectivity index (χ2n) is 4.53. The van der Waals surface area contributed by atoms with Gasteiger partial charge in [-0.2, -0.15) is 0 Å². The van der Waals surface area contributed by atoms with Crippen molar-refractivity contribution in [1.29, 1.82) is 0 Å². The van der Waals surface area contributed by atoms with Gasteiger partial charge in [0.15, 0.2) is 0 Å². The first-order chi connectivity index (χ1) is 5.38. The quantitative estimate of drug-likeness (QED) is 0.493. The van der Waals surface area contributed by atoms with Crippen LogP contribution in [0, 0.1) is 5.41 Å². The predicted octanol–water partition coefficient (Wildman–Crippen LogP) is 3.00. The van der Waals surface area contributed by atoms with Gasteiger partial charge in [0.25, 0.3) is 0 Å². The molecule has 2 atom stereocenters. The fraction of sp³-hybridized carbons (Fsp3) is 1.00. The molecule has 1 saturated heterocycles. The lowest BCUT2D eigenvalue weighted by atomic mass is 9.75. The topological polar surface area (TPSA) is 12.0 Å². The minimum atomic E-state index is 0.418. The van der Waals surface area contributed by atoms with Gasteiger partial charge >= 0.3 is 0 Å². The van der Waals surface area contributed by atoms with Crippen LogP contribution in [0.2, 0.25) is 0 Å². The van der Waals surface area contributed by atoms with Gasteiger partial charge in [-0.15, -0.1) is 0 Å². The minimum absolute atomic E-state index is 0.418. The van der Waals surface area contributed by atoms with Crippen LogP contribution >= 0.6 is 45.2 Å². The van der Waals surface area contributed by atoms with E-state index in [0.717, 1.165) is 3.92 Å². The average molecular weight is 393 g/mol. The lowest BCUT2D eigenvalue weighted by molar-refractivity contribution is 0.255. The summed E-state index contributed by atoms with van der Waals surface area (Å²) >= 11 is 5.27. The van der Waals surface area contributed by atoms with E-state index in [1.54, 1.807) is 0 Å². The highest BCUT2D eigenvalue weighted by molar-refractivity contribution is 14.1. The lowest BCUT2D eigenvalue weighted by Gasteiger charge is -2.46. The molecule has 0 saturated carbocycles. The van der Waals surface area contributed by atoms with Gasteiger partial charge in [0.2, 0.25) is 0 Å². The smallest absolute Gasteiger partial charge is 0.0412 e. The molecule has 0 aliphatic carbocycles. The molecule has 0 aromatic heterocycles. The Morgan fingerprint density at radius 3 is 2.33 bits per heavy atom. The Labute approximate surface area is 103 Å². The number of hydrogen-bond acceptors (Lipinski definition) is 1. The molecule has 1 N–H and O–H groups in total. The second kappa shape index (κ2) is 3.88. The van der Waals surface area contributed by atoms with Gasteiger partial charge < -0.3 is 5.32 Å². The van der Waals surface area contributed by atoms with Crippen molar-refractivity contribution < 1.29 is 0 Å². The Bertz CT molecular complexity index is 164. The summed E-state index contributed by atoms with van der Waals surface area (Å²) in [4.78, 5) is 0. The van der Waals surface area contributed by atoms with Gasteiger partial charge in [-0.25, -0.2) is 0 Å². The van der Waals surface area contributed by atoms with Gasteiger partial charge in [-0.3, -0.25) is 0 Å². The van der Waals surface area contributed by atoms with Crippen LogP contribution in [-0.2, 0) is 0 Å². The molecular weight excluding hydrogens is 376 g/mol. The monoisotopic (exact) mass is 393 g/mol. The molecule has 12 heavy (non-hydrogen) atoms. The molecule has 0 aromatic rings. The average Bonchev–Trinajstić information content (AvgIpc) is 1.93. The molecule has 1 nitrogen and oxygen atoms in total. The van der Waals surface area contributed by atoms with Crippen LogP contribution < -0.4 is 5.32 Å². The molecule has 2 unspecified atom stereocenters. The van der Waals surface area contributed by atoms with Crippen molar-refractivity contribution in [3.8, 4) is 0 Å². The number of nitrogens with one attached hydrogen (secondary N) is 1. The van der Waals surface area contributed by atoms with Gasteiger partial charge in [-0.1, -0.05) is 66.0 Å². The normalized spacial score (nSPS) is 38.2. The summed E-state index contributed by atoms with van der Waals surface area (Å²) < 4.78 is 1.22. The summed E-state index contributed by atoms with van der Waals surface area (Å²) in [5.74, 6) is 0. The SMILES string of the molecule is CC(C)(C)C1(I)CCNCC1I. The summed E-state index contributed by atoms with van der Waals surface area (Å²) in [6.07, 6.45) is 1.30. The van der Waals surface area contributed by atoms with E-state index in [4.69, 9.17) is 0 Å². The third-order valence-corrected chi connectivity index (χ3v) is 8.34. The van der Waals surface area contributed by atoms with Gasteiger partial charge in [0.1, 0.15) is 0 Å². The van der Waals surface area contributed by atoms with E-state index in [2.05, 4.69) is 71.3 Å². The van der Waals surface area contributed by atoms with Gasteiger partial charge in [0, 0.05) is 13.9 Å². The maximum Gasteiger partial charge on any atom is 0.0412 e. The first kappa shape index (κ1) is 11.5. The van der Waals surface area contributed by atoms with Crippen LogP contribution in [0.3, 0.4) is 0 Å². The standard InChI is InChI=1S/C9H17I2N/c1-8(2,3)9(11)4-5-12-6-7(9)10/h7,12H,4-6H2,1-3H3. The number of rotatable bonds is 0. The molecule has 0 radical (unpaired) electrons. The fourth-order valence-corrected chi connectivity index (χ4v) is 3.71. The molecule has 1 aliphatic heterocycles. The Morgan fingerprint density at radius 2 is 2.00 bits per heavy atom. The van der Waals surface area contributed by atoms with Crippen molar-refractivity contribution in [3.63, 3.8) is 0 Å². The van der Waals surface area contributed by atoms with Crippen LogP contribution in [0.4, 0.5) is 0 Å². The van der Waals surface area contributed by atoms with E-state index in [1.807, 2.05) is 0 Å². The fourth-order valence-electron chi connectivity index (χ4n) is 1.66. The Hall–Kier alpha value is 1.42. The molecule has 1 fully saturated rings. The highest BCUT2D eigenvalue weighted by Crippen LogP contribution is 2.47. The van der Waals surface area contributed by atoms with Crippen LogP contribution in [0.5, 0.6) is 0 Å². The van der Waals surface area contributed by atoms with Crippen molar-refractivity contribution in [3.05, 3.63) is 0 Å².